The summed E-state index contributed by atoms with van der Waals surface area (Å²) in [4.78, 5) is 12.3. The number of aliphatic hydroxyl groups is 2. The molecule has 0 fully saturated rings. The molecule has 0 saturated carbocycles. The Balaban J connectivity index is 4.57. The number of carbonyl (C=O) groups is 1. The van der Waals surface area contributed by atoms with Crippen molar-refractivity contribution in [2.24, 2.45) is 0 Å². The molecule has 0 rings (SSSR count). The van der Waals surface area contributed by atoms with Gasteiger partial charge >= 0.3 is 0 Å². The van der Waals surface area contributed by atoms with Gasteiger partial charge < -0.3 is 15.5 Å². The van der Waals surface area contributed by atoms with Crippen LogP contribution < -0.4 is 5.32 Å². The number of hydrogen-bond acceptors (Lipinski definition) is 5. The minimum atomic E-state index is -4.43. The molecule has 0 bridgehead atoms. The van der Waals surface area contributed by atoms with Crippen LogP contribution in [0.2, 0.25) is 0 Å². The van der Waals surface area contributed by atoms with Gasteiger partial charge in [0.15, 0.2) is 0 Å². The summed E-state index contributed by atoms with van der Waals surface area (Å²) in [5, 5.41) is 22.8. The van der Waals surface area contributed by atoms with E-state index in [0.29, 0.717) is 12.8 Å². The number of nitrogens with one attached hydrogen (secondary N) is 1. The maximum atomic E-state index is 12.3. The number of aliphatic hydroxyl groups excluding tert-OH is 2. The highest BCUT2D eigenvalue weighted by atomic mass is 32.2. The van der Waals surface area contributed by atoms with Gasteiger partial charge in [0.1, 0.15) is 6.10 Å². The van der Waals surface area contributed by atoms with Crippen molar-refractivity contribution < 1.29 is 28.0 Å². The molecule has 192 valence electrons. The maximum absolute atomic E-state index is 12.3. The quantitative estimate of drug-likeness (QED) is 0.114. The van der Waals surface area contributed by atoms with E-state index in [0.717, 1.165) is 38.5 Å². The Morgan fingerprint density at radius 2 is 1.39 bits per heavy atom. The molecule has 7 nitrogen and oxygen atoms in total. The van der Waals surface area contributed by atoms with Crippen LogP contribution in [0.15, 0.2) is 36.5 Å². The highest BCUT2D eigenvalue weighted by Gasteiger charge is 2.27. The lowest BCUT2D eigenvalue weighted by Crippen LogP contribution is -2.50. The van der Waals surface area contributed by atoms with Gasteiger partial charge in [-0.2, -0.15) is 8.42 Å². The van der Waals surface area contributed by atoms with E-state index in [4.69, 9.17) is 0 Å². The van der Waals surface area contributed by atoms with Crippen molar-refractivity contribution in [1.82, 2.24) is 5.32 Å². The fraction of sp³-hybridized carbons (Fsp3) is 0.720. The van der Waals surface area contributed by atoms with Crippen LogP contribution in [0.3, 0.4) is 0 Å². The molecule has 0 aliphatic carbocycles. The molecule has 0 aromatic rings. The summed E-state index contributed by atoms with van der Waals surface area (Å²) in [5.41, 5.74) is 0. The Kier molecular flexibility index (Phi) is 19.0. The van der Waals surface area contributed by atoms with Gasteiger partial charge in [0.05, 0.1) is 17.9 Å². The molecule has 0 aromatic heterocycles. The lowest BCUT2D eigenvalue weighted by Gasteiger charge is -2.22. The molecule has 33 heavy (non-hydrogen) atoms. The standard InChI is InChI=1S/C25H45NO6S/c1-3-5-7-9-11-13-15-17-19-23(27)22(21-33(30,31)32)26-25(29)24(28)20-18-16-14-12-10-8-6-4-2/h9,11,14,16-17,19,22-24,27-28H,3-8,10,12-13,15,18,20-21H2,1-2H3,(H,26,29)(H,30,31,32)/b11-9+,16-14-,19-17+. The molecule has 0 saturated heterocycles. The Morgan fingerprint density at radius 1 is 0.818 bits per heavy atom. The summed E-state index contributed by atoms with van der Waals surface area (Å²) >= 11 is 0. The SMILES string of the molecule is CCCC/C=C/CC/C=C/C(O)C(CS(=O)(=O)O)NC(=O)C(O)CC/C=C\CCCCCC. The normalized spacial score (nSPS) is 15.4. The largest absolute Gasteiger partial charge is 0.387 e. The van der Waals surface area contributed by atoms with E-state index in [1.807, 2.05) is 12.2 Å². The fourth-order valence-electron chi connectivity index (χ4n) is 3.16. The van der Waals surface area contributed by atoms with Crippen molar-refractivity contribution in [3.05, 3.63) is 36.5 Å². The first-order chi connectivity index (χ1) is 15.7. The zero-order chi connectivity index (χ0) is 25.0. The first-order valence-corrected chi connectivity index (χ1v) is 13.9. The molecule has 0 spiro atoms. The number of amides is 1. The number of rotatable bonds is 20. The fourth-order valence-corrected chi connectivity index (χ4v) is 3.90. The molecule has 0 aliphatic rings. The molecular formula is C25H45NO6S. The number of carbonyl (C=O) groups excluding carboxylic acids is 1. The highest BCUT2D eigenvalue weighted by molar-refractivity contribution is 7.85. The van der Waals surface area contributed by atoms with Gasteiger partial charge in [-0.1, -0.05) is 82.4 Å². The van der Waals surface area contributed by atoms with Gasteiger partial charge in [-0.05, 0) is 44.9 Å². The van der Waals surface area contributed by atoms with Crippen LogP contribution >= 0.6 is 0 Å². The predicted octanol–water partition coefficient (Wildman–Crippen LogP) is 4.47. The first-order valence-electron chi connectivity index (χ1n) is 12.3. The van der Waals surface area contributed by atoms with Crippen molar-refractivity contribution in [3.63, 3.8) is 0 Å². The zero-order valence-electron chi connectivity index (χ0n) is 20.4. The van der Waals surface area contributed by atoms with Gasteiger partial charge in [0, 0.05) is 0 Å². The summed E-state index contributed by atoms with van der Waals surface area (Å²) in [7, 11) is -4.43. The Labute approximate surface area is 200 Å². The molecule has 0 aromatic carbocycles. The van der Waals surface area contributed by atoms with E-state index < -0.39 is 40.0 Å². The lowest BCUT2D eigenvalue weighted by atomic mass is 10.1. The van der Waals surface area contributed by atoms with Crippen molar-refractivity contribution >= 4 is 16.0 Å². The topological polar surface area (TPSA) is 124 Å². The van der Waals surface area contributed by atoms with Crippen LogP contribution in [-0.2, 0) is 14.9 Å². The second kappa shape index (κ2) is 19.9. The Morgan fingerprint density at radius 3 is 2.03 bits per heavy atom. The third-order valence-corrected chi connectivity index (χ3v) is 5.94. The molecule has 8 heteroatoms. The first kappa shape index (κ1) is 31.5. The van der Waals surface area contributed by atoms with E-state index in [9.17, 15) is 28.0 Å². The Hall–Kier alpha value is -1.48. The third kappa shape index (κ3) is 19.7. The number of unbranched alkanes of at least 4 members (excludes halogenated alkanes) is 7. The van der Waals surface area contributed by atoms with Crippen molar-refractivity contribution in [2.45, 2.75) is 109 Å². The second-order valence-corrected chi connectivity index (χ2v) is 9.88. The van der Waals surface area contributed by atoms with E-state index in [-0.39, 0.29) is 6.42 Å². The minimum Gasteiger partial charge on any atom is -0.387 e. The molecule has 0 heterocycles. The van der Waals surface area contributed by atoms with Gasteiger partial charge in [0.25, 0.3) is 10.1 Å². The van der Waals surface area contributed by atoms with E-state index in [2.05, 4.69) is 31.3 Å². The smallest absolute Gasteiger partial charge is 0.267 e. The summed E-state index contributed by atoms with van der Waals surface area (Å²) in [6, 6.07) is -1.26. The molecule has 0 radical (unpaired) electrons. The average molecular weight is 488 g/mol. The van der Waals surface area contributed by atoms with Gasteiger partial charge in [-0.3, -0.25) is 9.35 Å². The third-order valence-electron chi connectivity index (χ3n) is 5.15. The zero-order valence-corrected chi connectivity index (χ0v) is 21.2. The van der Waals surface area contributed by atoms with Crippen LogP contribution in [-0.4, -0.2) is 53.1 Å². The summed E-state index contributed by atoms with van der Waals surface area (Å²) in [5.74, 6) is -1.61. The Bertz CT molecular complexity index is 687. The molecule has 0 aliphatic heterocycles. The maximum Gasteiger partial charge on any atom is 0.267 e. The predicted molar refractivity (Wildman–Crippen MR) is 135 cm³/mol. The molecule has 3 atom stereocenters. The number of hydrogen-bond donors (Lipinski definition) is 4. The van der Waals surface area contributed by atoms with Crippen molar-refractivity contribution in [2.75, 3.05) is 5.75 Å². The van der Waals surface area contributed by atoms with Crippen LogP contribution in [0, 0.1) is 0 Å². The summed E-state index contributed by atoms with van der Waals surface area (Å²) in [6.45, 7) is 4.29. The second-order valence-electron chi connectivity index (χ2n) is 8.39. The molecule has 1 amide bonds. The molecular weight excluding hydrogens is 442 g/mol. The summed E-state index contributed by atoms with van der Waals surface area (Å²) < 4.78 is 31.8. The van der Waals surface area contributed by atoms with Gasteiger partial charge in [0.2, 0.25) is 5.91 Å². The molecule has 4 N–H and O–H groups in total. The van der Waals surface area contributed by atoms with Crippen LogP contribution in [0.4, 0.5) is 0 Å². The minimum absolute atomic E-state index is 0.187. The van der Waals surface area contributed by atoms with Crippen LogP contribution in [0.25, 0.3) is 0 Å². The van der Waals surface area contributed by atoms with E-state index in [1.165, 1.54) is 25.3 Å². The van der Waals surface area contributed by atoms with Crippen molar-refractivity contribution in [1.29, 1.82) is 0 Å². The monoisotopic (exact) mass is 487 g/mol. The van der Waals surface area contributed by atoms with Crippen LogP contribution in [0.5, 0.6) is 0 Å². The summed E-state index contributed by atoms with van der Waals surface area (Å²) in [6.07, 6.45) is 19.7. The van der Waals surface area contributed by atoms with Gasteiger partial charge in [-0.15, -0.1) is 0 Å². The highest BCUT2D eigenvalue weighted by Crippen LogP contribution is 2.07. The lowest BCUT2D eigenvalue weighted by molar-refractivity contribution is -0.130. The molecule has 3 unspecified atom stereocenters. The average Bonchev–Trinajstić information content (AvgIpc) is 2.75. The van der Waals surface area contributed by atoms with E-state index >= 15 is 0 Å². The van der Waals surface area contributed by atoms with Crippen molar-refractivity contribution in [3.8, 4) is 0 Å². The van der Waals surface area contributed by atoms with E-state index in [1.54, 1.807) is 6.08 Å². The number of allylic oxidation sites excluding steroid dienone is 5. The van der Waals surface area contributed by atoms with Gasteiger partial charge in [-0.25, -0.2) is 0 Å². The van der Waals surface area contributed by atoms with Crippen LogP contribution in [0.1, 0.15) is 90.9 Å².